The van der Waals surface area contributed by atoms with Gasteiger partial charge in [0.15, 0.2) is 0 Å². The summed E-state index contributed by atoms with van der Waals surface area (Å²) >= 11 is 7.11. The lowest BCUT2D eigenvalue weighted by molar-refractivity contribution is 0.880. The van der Waals surface area contributed by atoms with Crippen LogP contribution < -0.4 is 5.32 Å². The lowest BCUT2D eigenvalue weighted by atomic mass is 10.1. The fraction of sp³-hybridized carbons (Fsp3) is 0.250. The van der Waals surface area contributed by atoms with E-state index in [0.717, 1.165) is 8.95 Å². The monoisotopic (exact) mass is 381 g/mol. The molecule has 0 bridgehead atoms. The Hall–Kier alpha value is -0.800. The number of anilines is 1. The maximum Gasteiger partial charge on any atom is 0.0519 e. The number of rotatable bonds is 3. The Labute approximate surface area is 131 Å². The minimum absolute atomic E-state index is 0.269. The van der Waals surface area contributed by atoms with Crippen molar-refractivity contribution in [3.8, 4) is 0 Å². The molecule has 0 aliphatic heterocycles. The van der Waals surface area contributed by atoms with E-state index in [-0.39, 0.29) is 6.04 Å². The predicted octanol–water partition coefficient (Wildman–Crippen LogP) is 6.00. The summed E-state index contributed by atoms with van der Waals surface area (Å²) in [5.74, 6) is 0. The normalized spacial score (nSPS) is 12.3. The maximum absolute atomic E-state index is 3.64. The van der Waals surface area contributed by atoms with Crippen molar-refractivity contribution in [3.05, 3.63) is 62.0 Å². The molecule has 0 spiro atoms. The molecule has 1 atom stereocenters. The highest BCUT2D eigenvalue weighted by atomic mass is 79.9. The molecule has 0 aliphatic carbocycles. The van der Waals surface area contributed by atoms with Crippen molar-refractivity contribution < 1.29 is 0 Å². The van der Waals surface area contributed by atoms with E-state index in [0.29, 0.717) is 0 Å². The second-order valence-electron chi connectivity index (χ2n) is 4.86. The van der Waals surface area contributed by atoms with Crippen LogP contribution in [0.3, 0.4) is 0 Å². The van der Waals surface area contributed by atoms with Gasteiger partial charge in [-0.3, -0.25) is 0 Å². The SMILES string of the molecule is Cc1cc(C)c(NC(C)c2ccc(Br)cc2)c(Br)c1. The predicted molar refractivity (Wildman–Crippen MR) is 89.8 cm³/mol. The van der Waals surface area contributed by atoms with Crippen molar-refractivity contribution in [2.75, 3.05) is 5.32 Å². The molecule has 0 heterocycles. The number of halogens is 2. The molecule has 3 heteroatoms. The second kappa shape index (κ2) is 6.10. The van der Waals surface area contributed by atoms with E-state index in [1.165, 1.54) is 22.4 Å². The van der Waals surface area contributed by atoms with Crippen LogP contribution in [0.2, 0.25) is 0 Å². The molecule has 2 aromatic carbocycles. The van der Waals surface area contributed by atoms with E-state index in [1.54, 1.807) is 0 Å². The lowest BCUT2D eigenvalue weighted by Gasteiger charge is -2.19. The number of hydrogen-bond donors (Lipinski definition) is 1. The molecule has 0 saturated carbocycles. The number of nitrogens with one attached hydrogen (secondary N) is 1. The van der Waals surface area contributed by atoms with Gasteiger partial charge in [-0.05, 0) is 71.6 Å². The molecule has 2 rings (SSSR count). The van der Waals surface area contributed by atoms with Gasteiger partial charge in [0.05, 0.1) is 5.69 Å². The van der Waals surface area contributed by atoms with E-state index < -0.39 is 0 Å². The van der Waals surface area contributed by atoms with Crippen LogP contribution in [0.1, 0.15) is 29.7 Å². The molecule has 0 aliphatic rings. The first-order chi connectivity index (χ1) is 8.97. The Kier molecular flexibility index (Phi) is 4.69. The van der Waals surface area contributed by atoms with Gasteiger partial charge >= 0.3 is 0 Å². The Bertz CT molecular complexity index is 553. The van der Waals surface area contributed by atoms with Gasteiger partial charge in [0.25, 0.3) is 0 Å². The van der Waals surface area contributed by atoms with Crippen LogP contribution >= 0.6 is 31.9 Å². The first-order valence-electron chi connectivity index (χ1n) is 6.26. The molecule has 0 saturated heterocycles. The van der Waals surface area contributed by atoms with Crippen molar-refractivity contribution in [1.29, 1.82) is 0 Å². The molecular formula is C16H17Br2N. The minimum Gasteiger partial charge on any atom is -0.377 e. The highest BCUT2D eigenvalue weighted by molar-refractivity contribution is 9.10. The van der Waals surface area contributed by atoms with E-state index in [4.69, 9.17) is 0 Å². The van der Waals surface area contributed by atoms with Gasteiger partial charge in [0, 0.05) is 15.0 Å². The van der Waals surface area contributed by atoms with Crippen molar-refractivity contribution in [2.24, 2.45) is 0 Å². The zero-order valence-corrected chi connectivity index (χ0v) is 14.5. The van der Waals surface area contributed by atoms with Gasteiger partial charge in [-0.25, -0.2) is 0 Å². The van der Waals surface area contributed by atoms with Gasteiger partial charge < -0.3 is 5.32 Å². The number of benzene rings is 2. The molecule has 0 aromatic heterocycles. The number of hydrogen-bond acceptors (Lipinski definition) is 1. The number of aryl methyl sites for hydroxylation is 2. The summed E-state index contributed by atoms with van der Waals surface area (Å²) in [5.41, 5.74) is 4.97. The average Bonchev–Trinajstić information content (AvgIpc) is 2.34. The van der Waals surface area contributed by atoms with Gasteiger partial charge in [0.1, 0.15) is 0 Å². The largest absolute Gasteiger partial charge is 0.377 e. The van der Waals surface area contributed by atoms with E-state index in [1.807, 2.05) is 0 Å². The quantitative estimate of drug-likeness (QED) is 0.686. The van der Waals surface area contributed by atoms with Gasteiger partial charge in [-0.1, -0.05) is 34.1 Å². The van der Waals surface area contributed by atoms with Crippen molar-refractivity contribution in [2.45, 2.75) is 26.8 Å². The van der Waals surface area contributed by atoms with Gasteiger partial charge in [0.2, 0.25) is 0 Å². The van der Waals surface area contributed by atoms with Crippen LogP contribution in [0.5, 0.6) is 0 Å². The van der Waals surface area contributed by atoms with Crippen molar-refractivity contribution in [3.63, 3.8) is 0 Å². The second-order valence-corrected chi connectivity index (χ2v) is 6.63. The third-order valence-electron chi connectivity index (χ3n) is 3.16. The summed E-state index contributed by atoms with van der Waals surface area (Å²) in [5, 5.41) is 3.58. The van der Waals surface area contributed by atoms with Crippen LogP contribution in [0.4, 0.5) is 5.69 Å². The topological polar surface area (TPSA) is 12.0 Å². The molecule has 100 valence electrons. The molecule has 1 N–H and O–H groups in total. The molecule has 0 amide bonds. The Balaban J connectivity index is 2.24. The van der Waals surface area contributed by atoms with E-state index in [2.05, 4.69) is 94.3 Å². The van der Waals surface area contributed by atoms with Crippen molar-refractivity contribution in [1.82, 2.24) is 0 Å². The zero-order chi connectivity index (χ0) is 14.0. The lowest BCUT2D eigenvalue weighted by Crippen LogP contribution is -2.08. The third kappa shape index (κ3) is 3.61. The van der Waals surface area contributed by atoms with Crippen LogP contribution in [-0.2, 0) is 0 Å². The summed E-state index contributed by atoms with van der Waals surface area (Å²) in [6, 6.07) is 13.0. The summed E-state index contributed by atoms with van der Waals surface area (Å²) in [6.07, 6.45) is 0. The molecule has 2 aromatic rings. The summed E-state index contributed by atoms with van der Waals surface area (Å²) in [4.78, 5) is 0. The highest BCUT2D eigenvalue weighted by Crippen LogP contribution is 2.31. The minimum atomic E-state index is 0.269. The summed E-state index contributed by atoms with van der Waals surface area (Å²) < 4.78 is 2.23. The van der Waals surface area contributed by atoms with Crippen LogP contribution in [0.15, 0.2) is 45.3 Å². The van der Waals surface area contributed by atoms with E-state index >= 15 is 0 Å². The van der Waals surface area contributed by atoms with Crippen LogP contribution in [0, 0.1) is 13.8 Å². The fourth-order valence-corrected chi connectivity index (χ4v) is 3.20. The van der Waals surface area contributed by atoms with Gasteiger partial charge in [-0.2, -0.15) is 0 Å². The Morgan fingerprint density at radius 1 is 1.00 bits per heavy atom. The maximum atomic E-state index is 3.64. The smallest absolute Gasteiger partial charge is 0.0519 e. The molecule has 19 heavy (non-hydrogen) atoms. The zero-order valence-electron chi connectivity index (χ0n) is 11.3. The van der Waals surface area contributed by atoms with Crippen LogP contribution in [-0.4, -0.2) is 0 Å². The summed E-state index contributed by atoms with van der Waals surface area (Å²) in [6.45, 7) is 6.42. The Morgan fingerprint density at radius 2 is 1.63 bits per heavy atom. The molecule has 1 nitrogen and oxygen atoms in total. The summed E-state index contributed by atoms with van der Waals surface area (Å²) in [7, 11) is 0. The Morgan fingerprint density at radius 3 is 2.21 bits per heavy atom. The molecular weight excluding hydrogens is 366 g/mol. The fourth-order valence-electron chi connectivity index (χ4n) is 2.15. The first-order valence-corrected chi connectivity index (χ1v) is 7.84. The average molecular weight is 383 g/mol. The molecule has 1 unspecified atom stereocenters. The standard InChI is InChI=1S/C16H17Br2N/c1-10-8-11(2)16(15(18)9-10)19-12(3)13-4-6-14(17)7-5-13/h4-9,12,19H,1-3H3. The molecule has 0 radical (unpaired) electrons. The third-order valence-corrected chi connectivity index (χ3v) is 4.32. The highest BCUT2D eigenvalue weighted by Gasteiger charge is 2.10. The first kappa shape index (κ1) is 14.6. The van der Waals surface area contributed by atoms with Gasteiger partial charge in [-0.15, -0.1) is 0 Å². The van der Waals surface area contributed by atoms with Crippen LogP contribution in [0.25, 0.3) is 0 Å². The van der Waals surface area contributed by atoms with E-state index in [9.17, 15) is 0 Å². The van der Waals surface area contributed by atoms with Crippen molar-refractivity contribution >= 4 is 37.5 Å². The molecule has 0 fully saturated rings.